The molecule has 1 aromatic rings. The van der Waals surface area contributed by atoms with E-state index in [-0.39, 0.29) is 13.2 Å². The van der Waals surface area contributed by atoms with Crippen molar-refractivity contribution < 1.29 is 179 Å². The second-order valence-electron chi connectivity index (χ2n) is 31.8. The third-order valence-corrected chi connectivity index (χ3v) is 22.7. The maximum atomic E-state index is 12.5. The minimum Gasteiger partial charge on any atom is -0.477 e. The number of unbranched alkanes of at least 4 members (excludes halogenated alkanes) is 22. The first-order chi connectivity index (χ1) is 57.3. The zero-order valence-electron chi connectivity index (χ0n) is 69.2. The first-order valence-corrected chi connectivity index (χ1v) is 42.2. The van der Waals surface area contributed by atoms with Crippen LogP contribution in [0, 0.1) is 24.2 Å². The number of carbonyl (C=O) groups is 2. The Kier molecular flexibility index (Phi) is 49.0. The number of hydrogen-bond donors (Lipinski definition) is 22. The molecule has 42 heteroatoms. The lowest BCUT2D eigenvalue weighted by Gasteiger charge is -2.47. The van der Waals surface area contributed by atoms with E-state index in [1.54, 1.807) is 4.68 Å². The van der Waals surface area contributed by atoms with E-state index in [9.17, 15) is 122 Å². The Morgan fingerprint density at radius 2 is 0.883 bits per heavy atom. The third-order valence-electron chi connectivity index (χ3n) is 22.7. The molecule has 6 fully saturated rings. The molecule has 6 aliphatic heterocycles. The summed E-state index contributed by atoms with van der Waals surface area (Å²) in [6.45, 7) is 3.08. The van der Waals surface area contributed by atoms with Crippen LogP contribution in [0.3, 0.4) is 0 Å². The molecule has 0 radical (unpaired) electrons. The molecule has 0 saturated carbocycles. The average Bonchev–Trinajstić information content (AvgIpc) is 0.905. The minimum atomic E-state index is -2.68. The van der Waals surface area contributed by atoms with Gasteiger partial charge in [-0.3, -0.25) is 0 Å². The normalized spacial score (nSPS) is 35.6. The smallest absolute Gasteiger partial charge is 0.364 e. The first kappa shape index (κ1) is 106. The van der Waals surface area contributed by atoms with Crippen molar-refractivity contribution in [3.8, 4) is 12.3 Å². The molecular weight excluding hydrogens is 1600 g/mol. The van der Waals surface area contributed by atoms with Crippen molar-refractivity contribution in [2.75, 3.05) is 52.8 Å². The van der Waals surface area contributed by atoms with E-state index in [0.717, 1.165) is 25.7 Å². The highest BCUT2D eigenvalue weighted by Crippen LogP contribution is 2.41. The molecule has 7 rings (SSSR count). The van der Waals surface area contributed by atoms with Gasteiger partial charge in [0.2, 0.25) is 0 Å². The van der Waals surface area contributed by atoms with Crippen LogP contribution in [0.2, 0.25) is 0 Å². The predicted molar refractivity (Wildman–Crippen MR) is 415 cm³/mol. The van der Waals surface area contributed by atoms with Gasteiger partial charge in [-0.1, -0.05) is 185 Å². The van der Waals surface area contributed by atoms with Crippen LogP contribution in [0.4, 0.5) is 0 Å². The summed E-state index contributed by atoms with van der Waals surface area (Å²) in [7, 11) is 0. The number of aliphatic carboxylic acids is 2. The van der Waals surface area contributed by atoms with Gasteiger partial charge >= 0.3 is 11.9 Å². The molecule has 6 aliphatic rings. The highest BCUT2D eigenvalue weighted by molar-refractivity contribution is 5.76. The predicted octanol–water partition coefficient (Wildman–Crippen LogP) is -2.01. The Balaban J connectivity index is 0.000000370. The molecule has 42 nitrogen and oxygen atoms in total. The van der Waals surface area contributed by atoms with Crippen molar-refractivity contribution in [3.05, 3.63) is 22.3 Å². The van der Waals surface area contributed by atoms with E-state index in [1.165, 1.54) is 148 Å². The van der Waals surface area contributed by atoms with Gasteiger partial charge < -0.3 is 169 Å². The summed E-state index contributed by atoms with van der Waals surface area (Å²) in [6, 6.07) is 0. The summed E-state index contributed by atoms with van der Waals surface area (Å²) in [4.78, 5) is 27.5. The standard InChI is InChI=1S/C39H69N3O18.C25H40O18.C14H29N3/c1-3-4-5-6-7-8-9-10-11-12-13-14-15-42-23(17-40-41-42)20-55-36-33(52)31(50)35(26(19-44)57-36)59-37-32(51)30(49)29(48)27(58-37)21-56-39(38(53)54)16-24(45)22(2)34(60-39)28(47)25(46)18-43;1-3-4-38-22-19(35)17(33)21(12(7-27)40-22)42-23-18(34)16(32)15(31)13(41-23)8-39-25(24(36)37)5-10(28)9(2)20(43-25)14(30)11(29)6-26;1-2-3-4-5-6-7-8-9-10-11-12-13-14-16-17-15/h17,22,24-37,43-52H,3-16,18-21H2,1-2H3,(H,53,54);1,9-23,26-35H,4-8H2,2H3,(H,36,37);2-14H2,1H3/t22-,24-,25-,26+,27?,28-,29+,30+,31?,32?,33?,34?,35-,36-,37+,39-;9-,10-,11-,12+,13?,14-,15+,16+,17?,18?,19?,20?,21-,22-,23+,25-;/m11./s1. The van der Waals surface area contributed by atoms with E-state index in [1.807, 2.05) is 0 Å². The molecular formula is C78H138N6O36. The van der Waals surface area contributed by atoms with Gasteiger partial charge in [0.15, 0.2) is 25.2 Å². The Morgan fingerprint density at radius 3 is 1.24 bits per heavy atom. The van der Waals surface area contributed by atoms with E-state index in [4.69, 9.17) is 68.8 Å². The highest BCUT2D eigenvalue weighted by Gasteiger charge is 2.59. The van der Waals surface area contributed by atoms with Crippen LogP contribution in [-0.2, 0) is 79.6 Å². The van der Waals surface area contributed by atoms with Crippen molar-refractivity contribution >= 4 is 11.9 Å². The summed E-state index contributed by atoms with van der Waals surface area (Å²) in [6.07, 6.45) is -11.9. The van der Waals surface area contributed by atoms with E-state index >= 15 is 0 Å². The van der Waals surface area contributed by atoms with Gasteiger partial charge in [-0.2, -0.15) is 0 Å². The van der Waals surface area contributed by atoms with Gasteiger partial charge in [0.1, 0.15) is 129 Å². The number of carboxylic acids is 2. The lowest BCUT2D eigenvalue weighted by Crippen LogP contribution is -2.65. The summed E-state index contributed by atoms with van der Waals surface area (Å²) >= 11 is 0. The summed E-state index contributed by atoms with van der Waals surface area (Å²) in [5, 5.41) is 239. The topological polar surface area (TPSA) is 669 Å². The van der Waals surface area contributed by atoms with Crippen LogP contribution in [0.25, 0.3) is 10.4 Å². The van der Waals surface area contributed by atoms with Gasteiger partial charge in [0.05, 0.1) is 82.6 Å². The molecule has 0 aromatic carbocycles. The molecule has 0 amide bonds. The molecule has 0 spiro atoms. The SMILES string of the molecule is C#CCO[C@@H]1O[C@@H](CO)[C@@H](O[C@@H]2OC(CO[C@]3(C(=O)O)C[C@@H](O)[C@@H](C)C([C@H](O)[C@H](O)CO)O3)[C@H](O)[C@H](O)C2O)C(O)C1O.CCCCCCCCCCCCCCN=[N+]=[N-].CCCCCCCCCCCCCCn1nncc1CO[C@@H]1O[C@@H](CO)[C@@H](O[C@@H]2OC(CO[C@]3(C(=O)O)C[C@@H](O)[C@@H](C)C([C@H](O)[C@H](O)CO)O3)[C@H](O)[C@H](O)C2O)C(O)C1O. The molecule has 0 bridgehead atoms. The zero-order valence-corrected chi connectivity index (χ0v) is 69.2. The Hall–Kier alpha value is -4.33. The fraction of sp³-hybridized carbons (Fsp3) is 0.923. The van der Waals surface area contributed by atoms with Crippen LogP contribution >= 0.6 is 0 Å². The van der Waals surface area contributed by atoms with Crippen LogP contribution < -0.4 is 0 Å². The van der Waals surface area contributed by atoms with Gasteiger partial charge in [-0.15, -0.1) is 11.5 Å². The number of carboxylic acid groups (broad SMARTS) is 2. The van der Waals surface area contributed by atoms with E-state index in [2.05, 4.69) is 40.1 Å². The number of aliphatic hydroxyl groups is 20. The lowest BCUT2D eigenvalue weighted by molar-refractivity contribution is -0.369. The lowest BCUT2D eigenvalue weighted by atomic mass is 9.84. The van der Waals surface area contributed by atoms with Gasteiger partial charge in [-0.05, 0) is 18.4 Å². The Bertz CT molecular complexity index is 3060. The van der Waals surface area contributed by atoms with Gasteiger partial charge in [0, 0.05) is 42.7 Å². The van der Waals surface area contributed by atoms with E-state index < -0.39 is 259 Å². The second-order valence-corrected chi connectivity index (χ2v) is 31.8. The fourth-order valence-corrected chi connectivity index (χ4v) is 15.0. The monoisotopic (exact) mass is 1730 g/mol. The quantitative estimate of drug-likeness (QED) is 0.0110. The number of aliphatic hydroxyl groups excluding tert-OH is 20. The summed E-state index contributed by atoms with van der Waals surface area (Å²) in [5.41, 5.74) is 8.69. The van der Waals surface area contributed by atoms with Crippen molar-refractivity contribution in [1.29, 1.82) is 0 Å². The van der Waals surface area contributed by atoms with Crippen LogP contribution in [0.5, 0.6) is 0 Å². The molecule has 6 saturated heterocycles. The molecule has 22 N–H and O–H groups in total. The molecule has 0 aliphatic carbocycles. The molecule has 32 atom stereocenters. The van der Waals surface area contributed by atoms with Crippen LogP contribution in [0.15, 0.2) is 11.3 Å². The Labute approximate surface area is 698 Å². The number of terminal acetylenes is 1. The number of rotatable bonds is 51. The van der Waals surface area contributed by atoms with E-state index in [0.29, 0.717) is 18.8 Å². The number of aryl methyl sites for hydroxylation is 1. The minimum absolute atomic E-state index is 0.112. The Morgan fingerprint density at radius 1 is 0.525 bits per heavy atom. The molecule has 1 aromatic heterocycles. The maximum absolute atomic E-state index is 12.5. The van der Waals surface area contributed by atoms with Crippen LogP contribution in [-0.4, -0.2) is 375 Å². The third kappa shape index (κ3) is 31.3. The van der Waals surface area contributed by atoms with Crippen molar-refractivity contribution in [2.24, 2.45) is 17.0 Å². The average molecular weight is 1740 g/mol. The van der Waals surface area contributed by atoms with Gasteiger partial charge in [0.25, 0.3) is 11.6 Å². The van der Waals surface area contributed by atoms with Crippen molar-refractivity contribution in [3.63, 3.8) is 0 Å². The summed E-state index contributed by atoms with van der Waals surface area (Å²) in [5.74, 6) is -8.58. The maximum Gasteiger partial charge on any atom is 0.364 e. The molecule has 696 valence electrons. The first-order valence-electron chi connectivity index (χ1n) is 42.2. The number of nitrogens with zero attached hydrogens (tertiary/aromatic N) is 6. The second kappa shape index (κ2) is 55.3. The molecule has 7 heterocycles. The largest absolute Gasteiger partial charge is 0.477 e. The highest BCUT2D eigenvalue weighted by atomic mass is 16.8. The van der Waals surface area contributed by atoms with Crippen molar-refractivity contribution in [1.82, 2.24) is 15.0 Å². The van der Waals surface area contributed by atoms with Crippen LogP contribution in [0.1, 0.15) is 200 Å². The number of ether oxygens (including phenoxy) is 12. The zero-order chi connectivity index (χ0) is 88.8. The number of aromatic nitrogens is 3. The molecule has 10 unspecified atom stereocenters. The van der Waals surface area contributed by atoms with Crippen molar-refractivity contribution in [2.45, 2.75) is 391 Å². The fourth-order valence-electron chi connectivity index (χ4n) is 15.0. The number of hydrogen-bond acceptors (Lipinski definition) is 37. The van der Waals surface area contributed by atoms with Gasteiger partial charge in [-0.25, -0.2) is 14.3 Å². The summed E-state index contributed by atoms with van der Waals surface area (Å²) < 4.78 is 68.3. The molecule has 120 heavy (non-hydrogen) atoms. The number of azide groups is 1.